The molecule has 0 aromatic heterocycles. The lowest BCUT2D eigenvalue weighted by Gasteiger charge is -2.25. The Kier molecular flexibility index (Phi) is 2.70. The van der Waals surface area contributed by atoms with Crippen LogP contribution in [0.4, 0.5) is 0 Å². The summed E-state index contributed by atoms with van der Waals surface area (Å²) in [6, 6.07) is 0. The standard InChI is InChI=1S/C7H15NO4/c1-2-7(8)6(11)5(10)4(3-9)12-7/h4-6,9-11H,2-3,8H2,1H3/t4-,5?,6?,7+/m1/s1. The van der Waals surface area contributed by atoms with E-state index in [-0.39, 0.29) is 6.61 Å². The lowest BCUT2D eigenvalue weighted by molar-refractivity contribution is -0.0906. The largest absolute Gasteiger partial charge is 0.394 e. The Balaban J connectivity index is 2.72. The van der Waals surface area contributed by atoms with Gasteiger partial charge in [-0.15, -0.1) is 0 Å². The van der Waals surface area contributed by atoms with Gasteiger partial charge < -0.3 is 25.8 Å². The van der Waals surface area contributed by atoms with Crippen LogP contribution in [0.25, 0.3) is 0 Å². The van der Waals surface area contributed by atoms with E-state index in [1.165, 1.54) is 0 Å². The van der Waals surface area contributed by atoms with Crippen LogP contribution in [0.3, 0.4) is 0 Å². The minimum absolute atomic E-state index is 0.336. The molecule has 0 aromatic rings. The Morgan fingerprint density at radius 3 is 2.33 bits per heavy atom. The molecule has 1 heterocycles. The van der Waals surface area contributed by atoms with Gasteiger partial charge in [0, 0.05) is 0 Å². The van der Waals surface area contributed by atoms with E-state index in [4.69, 9.17) is 15.6 Å². The van der Waals surface area contributed by atoms with Gasteiger partial charge in [-0.1, -0.05) is 6.92 Å². The van der Waals surface area contributed by atoms with Gasteiger partial charge in [0.25, 0.3) is 0 Å². The zero-order chi connectivity index (χ0) is 9.35. The van der Waals surface area contributed by atoms with Crippen LogP contribution in [-0.4, -0.2) is 46.0 Å². The summed E-state index contributed by atoms with van der Waals surface area (Å²) in [5.74, 6) is 0. The highest BCUT2D eigenvalue weighted by molar-refractivity contribution is 4.97. The maximum atomic E-state index is 9.41. The molecule has 0 bridgehead atoms. The summed E-state index contributed by atoms with van der Waals surface area (Å²) in [7, 11) is 0. The number of rotatable bonds is 2. The normalized spacial score (nSPS) is 48.2. The minimum atomic E-state index is -1.22. The molecule has 5 nitrogen and oxygen atoms in total. The lowest BCUT2D eigenvalue weighted by atomic mass is 10.0. The molecule has 1 aliphatic rings. The van der Waals surface area contributed by atoms with Crippen molar-refractivity contribution in [1.29, 1.82) is 0 Å². The topological polar surface area (TPSA) is 95.9 Å². The van der Waals surface area contributed by atoms with Gasteiger partial charge in [0.15, 0.2) is 0 Å². The average molecular weight is 177 g/mol. The molecular formula is C7H15NO4. The highest BCUT2D eigenvalue weighted by Crippen LogP contribution is 2.29. The Morgan fingerprint density at radius 1 is 1.50 bits per heavy atom. The van der Waals surface area contributed by atoms with Crippen LogP contribution in [0, 0.1) is 0 Å². The molecule has 12 heavy (non-hydrogen) atoms. The molecule has 5 heteroatoms. The van der Waals surface area contributed by atoms with Crippen molar-refractivity contribution in [1.82, 2.24) is 0 Å². The Morgan fingerprint density at radius 2 is 2.08 bits per heavy atom. The second-order valence-corrected chi connectivity index (χ2v) is 3.08. The van der Waals surface area contributed by atoms with Crippen molar-refractivity contribution in [2.45, 2.75) is 37.4 Å². The van der Waals surface area contributed by atoms with Gasteiger partial charge in [0.05, 0.1) is 6.61 Å². The van der Waals surface area contributed by atoms with E-state index in [0.29, 0.717) is 6.42 Å². The summed E-state index contributed by atoms with van der Waals surface area (Å²) in [6.45, 7) is 1.41. The maximum absolute atomic E-state index is 9.41. The van der Waals surface area contributed by atoms with Gasteiger partial charge in [0.2, 0.25) is 0 Å². The summed E-state index contributed by atoms with van der Waals surface area (Å²) in [4.78, 5) is 0. The van der Waals surface area contributed by atoms with Crippen molar-refractivity contribution in [3.05, 3.63) is 0 Å². The third-order valence-corrected chi connectivity index (χ3v) is 2.31. The molecule has 1 fully saturated rings. The summed E-state index contributed by atoms with van der Waals surface area (Å²) in [5.41, 5.74) is 4.40. The first-order valence-electron chi connectivity index (χ1n) is 3.99. The third-order valence-electron chi connectivity index (χ3n) is 2.31. The van der Waals surface area contributed by atoms with E-state index >= 15 is 0 Å². The van der Waals surface area contributed by atoms with Crippen LogP contribution >= 0.6 is 0 Å². The van der Waals surface area contributed by atoms with Gasteiger partial charge in [-0.25, -0.2) is 0 Å². The summed E-state index contributed by atoms with van der Waals surface area (Å²) in [6.07, 6.45) is -2.61. The Hall–Kier alpha value is -0.200. The maximum Gasteiger partial charge on any atom is 0.145 e. The number of aliphatic hydroxyl groups is 3. The molecule has 1 saturated heterocycles. The lowest BCUT2D eigenvalue weighted by Crippen LogP contribution is -2.50. The molecule has 2 unspecified atom stereocenters. The van der Waals surface area contributed by atoms with Crippen molar-refractivity contribution in [2.75, 3.05) is 6.61 Å². The smallest absolute Gasteiger partial charge is 0.145 e. The highest BCUT2D eigenvalue weighted by atomic mass is 16.6. The summed E-state index contributed by atoms with van der Waals surface area (Å²) < 4.78 is 5.10. The zero-order valence-electron chi connectivity index (χ0n) is 6.97. The molecule has 4 atom stereocenters. The third kappa shape index (κ3) is 1.34. The SMILES string of the molecule is CC[C@]1(N)O[C@H](CO)C(O)C1O. The molecule has 0 aromatic carbocycles. The number of hydrogen-bond acceptors (Lipinski definition) is 5. The van der Waals surface area contributed by atoms with E-state index in [0.717, 1.165) is 0 Å². The zero-order valence-corrected chi connectivity index (χ0v) is 6.97. The fraction of sp³-hybridized carbons (Fsp3) is 1.00. The molecule has 0 radical (unpaired) electrons. The van der Waals surface area contributed by atoms with Crippen LogP contribution in [0.15, 0.2) is 0 Å². The Labute approximate surface area is 70.8 Å². The minimum Gasteiger partial charge on any atom is -0.394 e. The van der Waals surface area contributed by atoms with E-state index in [1.54, 1.807) is 6.92 Å². The quantitative estimate of drug-likeness (QED) is 0.397. The first-order valence-corrected chi connectivity index (χ1v) is 3.99. The van der Waals surface area contributed by atoms with Gasteiger partial charge in [0.1, 0.15) is 24.0 Å². The second kappa shape index (κ2) is 3.27. The molecule has 1 rings (SSSR count). The molecule has 0 saturated carbocycles. The summed E-state index contributed by atoms with van der Waals surface area (Å²) in [5, 5.41) is 27.4. The van der Waals surface area contributed by atoms with Gasteiger partial charge in [-0.05, 0) is 6.42 Å². The average Bonchev–Trinajstić information content (AvgIpc) is 2.31. The predicted molar refractivity (Wildman–Crippen MR) is 41.2 cm³/mol. The van der Waals surface area contributed by atoms with Crippen molar-refractivity contribution in [3.8, 4) is 0 Å². The van der Waals surface area contributed by atoms with E-state index < -0.39 is 24.0 Å². The van der Waals surface area contributed by atoms with Crippen molar-refractivity contribution in [3.63, 3.8) is 0 Å². The van der Waals surface area contributed by atoms with Crippen LogP contribution < -0.4 is 5.73 Å². The van der Waals surface area contributed by atoms with E-state index in [9.17, 15) is 10.2 Å². The number of aliphatic hydroxyl groups excluding tert-OH is 3. The molecular weight excluding hydrogens is 162 g/mol. The highest BCUT2D eigenvalue weighted by Gasteiger charge is 2.50. The molecule has 5 N–H and O–H groups in total. The molecule has 72 valence electrons. The van der Waals surface area contributed by atoms with Crippen LogP contribution in [0.2, 0.25) is 0 Å². The fourth-order valence-electron chi connectivity index (χ4n) is 1.35. The van der Waals surface area contributed by atoms with E-state index in [2.05, 4.69) is 0 Å². The van der Waals surface area contributed by atoms with Crippen molar-refractivity contribution in [2.24, 2.45) is 5.73 Å². The van der Waals surface area contributed by atoms with Crippen LogP contribution in [0.5, 0.6) is 0 Å². The molecule has 0 spiro atoms. The number of hydrogen-bond donors (Lipinski definition) is 4. The van der Waals surface area contributed by atoms with Gasteiger partial charge >= 0.3 is 0 Å². The molecule has 1 aliphatic heterocycles. The number of nitrogens with two attached hydrogens (primary N) is 1. The van der Waals surface area contributed by atoms with Gasteiger partial charge in [-0.2, -0.15) is 0 Å². The summed E-state index contributed by atoms with van der Waals surface area (Å²) >= 11 is 0. The van der Waals surface area contributed by atoms with E-state index in [1.807, 2.05) is 0 Å². The monoisotopic (exact) mass is 177 g/mol. The number of ether oxygens (including phenoxy) is 1. The second-order valence-electron chi connectivity index (χ2n) is 3.08. The van der Waals surface area contributed by atoms with Crippen LogP contribution in [-0.2, 0) is 4.74 Å². The van der Waals surface area contributed by atoms with Gasteiger partial charge in [-0.3, -0.25) is 0 Å². The predicted octanol–water partition coefficient (Wildman–Crippen LogP) is -1.84. The van der Waals surface area contributed by atoms with Crippen molar-refractivity contribution < 1.29 is 20.1 Å². The fourth-order valence-corrected chi connectivity index (χ4v) is 1.35. The first kappa shape index (κ1) is 9.88. The molecule has 0 aliphatic carbocycles. The first-order chi connectivity index (χ1) is 5.55. The van der Waals surface area contributed by atoms with Crippen molar-refractivity contribution >= 4 is 0 Å². The Bertz CT molecular complexity index is 165. The van der Waals surface area contributed by atoms with Crippen LogP contribution in [0.1, 0.15) is 13.3 Å². The molecule has 0 amide bonds.